The third-order valence-electron chi connectivity index (χ3n) is 7.45. The molecule has 4 rings (SSSR count). The Kier molecular flexibility index (Phi) is 11.9. The lowest BCUT2D eigenvalue weighted by Gasteiger charge is -2.34. The first kappa shape index (κ1) is 35.0. The number of carbonyl (C=O) groups excluding carboxylic acids is 2. The molecule has 0 saturated heterocycles. The van der Waals surface area contributed by atoms with Crippen molar-refractivity contribution in [1.29, 1.82) is 0 Å². The van der Waals surface area contributed by atoms with Crippen LogP contribution in [0.25, 0.3) is 0 Å². The molecule has 1 atom stereocenters. The van der Waals surface area contributed by atoms with E-state index >= 15 is 0 Å². The Morgan fingerprint density at radius 1 is 0.804 bits per heavy atom. The van der Waals surface area contributed by atoms with E-state index in [-0.39, 0.29) is 29.7 Å². The molecule has 0 aliphatic rings. The molecule has 242 valence electrons. The number of hydrogen-bond acceptors (Lipinski definition) is 4. The first-order valence-corrected chi connectivity index (χ1v) is 17.3. The van der Waals surface area contributed by atoms with Gasteiger partial charge in [0, 0.05) is 35.1 Å². The summed E-state index contributed by atoms with van der Waals surface area (Å²) in [5, 5.41) is 3.63. The van der Waals surface area contributed by atoms with Crippen LogP contribution in [-0.4, -0.2) is 44.3 Å². The molecular formula is C36H39Cl2N3O4S. The standard InChI is InChI=1S/C36H39Cl2N3O4S/c1-25(2)22-39-36(43)34(21-28-12-7-5-8-13-28)40(23-31-32(37)16-11-17-33(31)38)35(42)24-41(29-19-26(3)18-27(4)20-29)46(44,45)30-14-9-6-10-15-30/h5-20,25,34H,21-24H2,1-4H3,(H,39,43)/t34-/m1/s1. The summed E-state index contributed by atoms with van der Waals surface area (Å²) in [5.74, 6) is -0.784. The van der Waals surface area contributed by atoms with Crippen molar-refractivity contribution in [2.45, 2.75) is 51.6 Å². The number of amides is 2. The van der Waals surface area contributed by atoms with Crippen LogP contribution in [0.2, 0.25) is 10.0 Å². The minimum atomic E-state index is -4.20. The van der Waals surface area contributed by atoms with Crippen LogP contribution in [0.5, 0.6) is 0 Å². The summed E-state index contributed by atoms with van der Waals surface area (Å²) >= 11 is 13.2. The van der Waals surface area contributed by atoms with Crippen molar-refractivity contribution >= 4 is 50.7 Å². The lowest BCUT2D eigenvalue weighted by Crippen LogP contribution is -2.53. The van der Waals surface area contributed by atoms with Gasteiger partial charge in [0.25, 0.3) is 10.0 Å². The van der Waals surface area contributed by atoms with Crippen molar-refractivity contribution in [3.05, 3.63) is 129 Å². The highest BCUT2D eigenvalue weighted by molar-refractivity contribution is 7.92. The average molecular weight is 681 g/mol. The molecule has 4 aromatic carbocycles. The maximum atomic E-state index is 14.6. The van der Waals surface area contributed by atoms with E-state index in [0.717, 1.165) is 21.0 Å². The van der Waals surface area contributed by atoms with Crippen molar-refractivity contribution in [3.8, 4) is 0 Å². The number of carbonyl (C=O) groups is 2. The van der Waals surface area contributed by atoms with E-state index in [4.69, 9.17) is 23.2 Å². The Bertz CT molecular complexity index is 1730. The molecule has 2 amide bonds. The number of rotatable bonds is 13. The molecule has 0 unspecified atom stereocenters. The van der Waals surface area contributed by atoms with Gasteiger partial charge in [-0.15, -0.1) is 0 Å². The molecule has 0 fully saturated rings. The van der Waals surface area contributed by atoms with E-state index in [0.29, 0.717) is 27.8 Å². The van der Waals surface area contributed by atoms with Crippen LogP contribution >= 0.6 is 23.2 Å². The fraction of sp³-hybridized carbons (Fsp3) is 0.278. The summed E-state index contributed by atoms with van der Waals surface area (Å²) in [6.45, 7) is 7.42. The van der Waals surface area contributed by atoms with Crippen LogP contribution in [0.3, 0.4) is 0 Å². The molecule has 0 aliphatic carbocycles. The SMILES string of the molecule is Cc1cc(C)cc(N(CC(=O)N(Cc2c(Cl)cccc2Cl)[C@H](Cc2ccccc2)C(=O)NCC(C)C)S(=O)(=O)c2ccccc2)c1. The summed E-state index contributed by atoms with van der Waals surface area (Å²) < 4.78 is 29.5. The van der Waals surface area contributed by atoms with Gasteiger partial charge in [-0.3, -0.25) is 13.9 Å². The zero-order chi connectivity index (χ0) is 33.4. The Hall–Kier alpha value is -3.85. The molecule has 46 heavy (non-hydrogen) atoms. The highest BCUT2D eigenvalue weighted by Gasteiger charge is 2.35. The van der Waals surface area contributed by atoms with Crippen LogP contribution in [0.4, 0.5) is 5.69 Å². The van der Waals surface area contributed by atoms with Gasteiger partial charge in [-0.25, -0.2) is 8.42 Å². The van der Waals surface area contributed by atoms with Gasteiger partial charge in [-0.1, -0.05) is 97.7 Å². The predicted octanol–water partition coefficient (Wildman–Crippen LogP) is 7.22. The quantitative estimate of drug-likeness (QED) is 0.162. The lowest BCUT2D eigenvalue weighted by atomic mass is 10.0. The van der Waals surface area contributed by atoms with Gasteiger partial charge in [-0.2, -0.15) is 0 Å². The molecule has 7 nitrogen and oxygen atoms in total. The third-order valence-corrected chi connectivity index (χ3v) is 9.95. The minimum Gasteiger partial charge on any atom is -0.354 e. The number of aryl methyl sites for hydroxylation is 2. The first-order chi connectivity index (χ1) is 21.9. The van der Waals surface area contributed by atoms with Gasteiger partial charge in [0.05, 0.1) is 10.6 Å². The number of halogens is 2. The third kappa shape index (κ3) is 8.90. The van der Waals surface area contributed by atoms with Crippen molar-refractivity contribution in [2.24, 2.45) is 5.92 Å². The zero-order valence-corrected chi connectivity index (χ0v) is 28.7. The highest BCUT2D eigenvalue weighted by atomic mass is 35.5. The fourth-order valence-corrected chi connectivity index (χ4v) is 7.11. The van der Waals surface area contributed by atoms with Crippen LogP contribution in [0.1, 0.15) is 36.1 Å². The van der Waals surface area contributed by atoms with Crippen molar-refractivity contribution < 1.29 is 18.0 Å². The number of hydrogen-bond donors (Lipinski definition) is 1. The molecule has 10 heteroatoms. The summed E-state index contributed by atoms with van der Waals surface area (Å²) in [7, 11) is -4.20. The van der Waals surface area contributed by atoms with Crippen molar-refractivity contribution in [2.75, 3.05) is 17.4 Å². The monoisotopic (exact) mass is 679 g/mol. The second kappa shape index (κ2) is 15.6. The number of anilines is 1. The average Bonchev–Trinajstić information content (AvgIpc) is 3.01. The van der Waals surface area contributed by atoms with Gasteiger partial charge in [0.15, 0.2) is 0 Å². The zero-order valence-electron chi connectivity index (χ0n) is 26.4. The Labute approximate surface area is 282 Å². The molecule has 0 spiro atoms. The van der Waals surface area contributed by atoms with Crippen LogP contribution in [0, 0.1) is 19.8 Å². The van der Waals surface area contributed by atoms with E-state index in [1.807, 2.05) is 64.1 Å². The summed E-state index contributed by atoms with van der Waals surface area (Å²) in [4.78, 5) is 30.0. The largest absolute Gasteiger partial charge is 0.354 e. The number of benzene rings is 4. The van der Waals surface area contributed by atoms with E-state index < -0.39 is 28.5 Å². The fourth-order valence-electron chi connectivity index (χ4n) is 5.17. The topological polar surface area (TPSA) is 86.8 Å². The predicted molar refractivity (Wildman–Crippen MR) is 186 cm³/mol. The summed E-state index contributed by atoms with van der Waals surface area (Å²) in [5.41, 5.74) is 3.31. The summed E-state index contributed by atoms with van der Waals surface area (Å²) in [6.07, 6.45) is 0.188. The van der Waals surface area contributed by atoms with Crippen LogP contribution < -0.4 is 9.62 Å². The van der Waals surface area contributed by atoms with E-state index in [9.17, 15) is 18.0 Å². The van der Waals surface area contributed by atoms with Crippen LogP contribution in [0.15, 0.2) is 102 Å². The second-order valence-electron chi connectivity index (χ2n) is 11.7. The van der Waals surface area contributed by atoms with Gasteiger partial charge in [0.1, 0.15) is 12.6 Å². The van der Waals surface area contributed by atoms with Crippen molar-refractivity contribution in [3.63, 3.8) is 0 Å². The second-order valence-corrected chi connectivity index (χ2v) is 14.4. The van der Waals surface area contributed by atoms with E-state index in [2.05, 4.69) is 5.32 Å². The number of nitrogens with one attached hydrogen (secondary N) is 1. The molecule has 0 heterocycles. The van der Waals surface area contributed by atoms with Gasteiger partial charge in [-0.05, 0) is 72.9 Å². The smallest absolute Gasteiger partial charge is 0.264 e. The van der Waals surface area contributed by atoms with Crippen molar-refractivity contribution in [1.82, 2.24) is 10.2 Å². The molecule has 0 aliphatic heterocycles. The highest BCUT2D eigenvalue weighted by Crippen LogP contribution is 2.30. The number of nitrogens with zero attached hydrogens (tertiary/aromatic N) is 2. The maximum Gasteiger partial charge on any atom is 0.264 e. The summed E-state index contributed by atoms with van der Waals surface area (Å²) in [6, 6.07) is 26.8. The molecule has 0 aromatic heterocycles. The minimum absolute atomic E-state index is 0.0400. The van der Waals surface area contributed by atoms with Crippen LogP contribution in [-0.2, 0) is 32.6 Å². The Morgan fingerprint density at radius 2 is 1.37 bits per heavy atom. The molecule has 1 N–H and O–H groups in total. The molecular weight excluding hydrogens is 641 g/mol. The van der Waals surface area contributed by atoms with Gasteiger partial charge < -0.3 is 10.2 Å². The molecule has 0 radical (unpaired) electrons. The normalized spacial score (nSPS) is 12.1. The molecule has 0 bridgehead atoms. The lowest BCUT2D eigenvalue weighted by molar-refractivity contribution is -0.140. The van der Waals surface area contributed by atoms with E-state index in [1.165, 1.54) is 17.0 Å². The first-order valence-electron chi connectivity index (χ1n) is 15.1. The van der Waals surface area contributed by atoms with Gasteiger partial charge in [0.2, 0.25) is 11.8 Å². The molecule has 4 aromatic rings. The maximum absolute atomic E-state index is 14.6. The Balaban J connectivity index is 1.85. The van der Waals surface area contributed by atoms with Gasteiger partial charge >= 0.3 is 0 Å². The van der Waals surface area contributed by atoms with E-state index in [1.54, 1.807) is 48.5 Å². The Morgan fingerprint density at radius 3 is 1.93 bits per heavy atom. The molecule has 0 saturated carbocycles. The number of sulfonamides is 1.